The molecule has 2 fully saturated rings. The third-order valence-corrected chi connectivity index (χ3v) is 3.75. The number of hydrogen-bond donors (Lipinski definition) is 0. The Bertz CT molecular complexity index is 179. The van der Waals surface area contributed by atoms with Crippen molar-refractivity contribution in [3.8, 4) is 0 Å². The third-order valence-electron chi connectivity index (χ3n) is 3.75. The van der Waals surface area contributed by atoms with Gasteiger partial charge < -0.3 is 4.90 Å². The number of hydrogen-bond acceptors (Lipinski definition) is 3. The monoisotopic (exact) mass is 210 g/mol. The van der Waals surface area contributed by atoms with Gasteiger partial charge in [0.05, 0.1) is 0 Å². The van der Waals surface area contributed by atoms with E-state index in [1.165, 1.54) is 51.9 Å². The summed E-state index contributed by atoms with van der Waals surface area (Å²) >= 11 is 0. The summed E-state index contributed by atoms with van der Waals surface area (Å²) in [4.78, 5) is 2.38. The van der Waals surface area contributed by atoms with Crippen molar-refractivity contribution in [1.82, 2.24) is 14.9 Å². The van der Waals surface area contributed by atoms with Gasteiger partial charge in [0.25, 0.3) is 0 Å². The van der Waals surface area contributed by atoms with E-state index in [4.69, 9.17) is 0 Å². The van der Waals surface area contributed by atoms with Gasteiger partial charge in [-0.1, -0.05) is 0 Å². The second-order valence-electron chi connectivity index (χ2n) is 4.97. The van der Waals surface area contributed by atoms with Gasteiger partial charge in [-0.05, 0) is 46.2 Å². The Kier molecular flexibility index (Phi) is 4.00. The minimum absolute atomic E-state index is 0.803. The molecule has 0 spiro atoms. The van der Waals surface area contributed by atoms with Crippen molar-refractivity contribution in [3.05, 3.63) is 6.42 Å². The van der Waals surface area contributed by atoms with E-state index in [1.54, 1.807) is 0 Å². The van der Waals surface area contributed by atoms with Crippen molar-refractivity contribution >= 4 is 0 Å². The largest absolute Gasteiger partial charge is 0.306 e. The van der Waals surface area contributed by atoms with Gasteiger partial charge >= 0.3 is 0 Å². The number of nitrogens with zero attached hydrogens (tertiary/aromatic N) is 3. The SMILES string of the molecule is CN(C)C1CCN(N2CC[CH]CC2)CC1. The van der Waals surface area contributed by atoms with Crippen LogP contribution in [0.15, 0.2) is 0 Å². The lowest BCUT2D eigenvalue weighted by atomic mass is 10.0. The first-order valence-electron chi connectivity index (χ1n) is 6.25. The lowest BCUT2D eigenvalue weighted by Crippen LogP contribution is -2.51. The zero-order chi connectivity index (χ0) is 10.7. The van der Waals surface area contributed by atoms with E-state index in [1.807, 2.05) is 0 Å². The summed E-state index contributed by atoms with van der Waals surface area (Å²) in [5.41, 5.74) is 0. The van der Waals surface area contributed by atoms with Crippen LogP contribution in [0.25, 0.3) is 0 Å². The van der Waals surface area contributed by atoms with Crippen LogP contribution in [0.5, 0.6) is 0 Å². The van der Waals surface area contributed by atoms with Gasteiger partial charge in [-0.3, -0.25) is 0 Å². The van der Waals surface area contributed by atoms with E-state index in [2.05, 4.69) is 35.4 Å². The zero-order valence-electron chi connectivity index (χ0n) is 10.2. The third kappa shape index (κ3) is 2.92. The molecule has 0 aromatic rings. The van der Waals surface area contributed by atoms with E-state index in [9.17, 15) is 0 Å². The molecule has 2 heterocycles. The van der Waals surface area contributed by atoms with Crippen LogP contribution in [0.1, 0.15) is 25.7 Å². The Morgan fingerprint density at radius 3 is 2.00 bits per heavy atom. The van der Waals surface area contributed by atoms with E-state index in [0.29, 0.717) is 0 Å². The summed E-state index contributed by atoms with van der Waals surface area (Å²) in [6, 6.07) is 0.803. The van der Waals surface area contributed by atoms with Gasteiger partial charge in [-0.2, -0.15) is 0 Å². The highest BCUT2D eigenvalue weighted by atomic mass is 15.6. The summed E-state index contributed by atoms with van der Waals surface area (Å²) in [6.07, 6.45) is 7.62. The van der Waals surface area contributed by atoms with Crippen LogP contribution in [0.3, 0.4) is 0 Å². The molecule has 3 heteroatoms. The summed E-state index contributed by atoms with van der Waals surface area (Å²) in [6.45, 7) is 4.99. The van der Waals surface area contributed by atoms with Crippen LogP contribution in [0.2, 0.25) is 0 Å². The van der Waals surface area contributed by atoms with Gasteiger partial charge in [0.15, 0.2) is 0 Å². The van der Waals surface area contributed by atoms with Gasteiger partial charge in [-0.15, -0.1) is 0 Å². The molecular weight excluding hydrogens is 186 g/mol. The van der Waals surface area contributed by atoms with E-state index < -0.39 is 0 Å². The molecule has 2 aliphatic heterocycles. The maximum absolute atomic E-state index is 2.58. The smallest absolute Gasteiger partial charge is 0.0148 e. The Morgan fingerprint density at radius 2 is 1.47 bits per heavy atom. The highest BCUT2D eigenvalue weighted by Gasteiger charge is 2.25. The molecule has 1 radical (unpaired) electrons. The first-order chi connectivity index (χ1) is 7.27. The topological polar surface area (TPSA) is 9.72 Å². The minimum Gasteiger partial charge on any atom is -0.306 e. The second-order valence-corrected chi connectivity index (χ2v) is 4.97. The molecule has 2 aliphatic rings. The van der Waals surface area contributed by atoms with Crippen LogP contribution in [-0.2, 0) is 0 Å². The standard InChI is InChI=1S/C12H24N3/c1-13(2)12-6-10-15(11-7-12)14-8-4-3-5-9-14/h3,12H,4-11H2,1-2H3. The Hall–Kier alpha value is -0.120. The molecule has 2 rings (SSSR count). The van der Waals surface area contributed by atoms with Crippen LogP contribution in [0, 0.1) is 6.42 Å². The molecule has 0 amide bonds. The maximum Gasteiger partial charge on any atom is 0.0148 e. The van der Waals surface area contributed by atoms with Gasteiger partial charge in [0.2, 0.25) is 0 Å². The highest BCUT2D eigenvalue weighted by molar-refractivity contribution is 4.80. The average molecular weight is 210 g/mol. The predicted molar refractivity (Wildman–Crippen MR) is 63.4 cm³/mol. The lowest BCUT2D eigenvalue weighted by molar-refractivity contribution is -0.0577. The van der Waals surface area contributed by atoms with Crippen molar-refractivity contribution in [3.63, 3.8) is 0 Å². The Balaban J connectivity index is 1.77. The van der Waals surface area contributed by atoms with E-state index in [-0.39, 0.29) is 0 Å². The molecular formula is C12H24N3. The summed E-state index contributed by atoms with van der Waals surface area (Å²) in [7, 11) is 4.41. The van der Waals surface area contributed by atoms with Crippen LogP contribution < -0.4 is 0 Å². The molecule has 3 nitrogen and oxygen atoms in total. The molecule has 0 aromatic carbocycles. The molecule has 2 saturated heterocycles. The first-order valence-corrected chi connectivity index (χ1v) is 6.25. The maximum atomic E-state index is 2.58. The lowest BCUT2D eigenvalue weighted by Gasteiger charge is -2.42. The van der Waals surface area contributed by atoms with E-state index >= 15 is 0 Å². The molecule has 15 heavy (non-hydrogen) atoms. The first kappa shape index (κ1) is 11.4. The van der Waals surface area contributed by atoms with Crippen molar-refractivity contribution < 1.29 is 0 Å². The second kappa shape index (κ2) is 5.28. The van der Waals surface area contributed by atoms with Gasteiger partial charge in [-0.25, -0.2) is 10.0 Å². The van der Waals surface area contributed by atoms with Crippen molar-refractivity contribution in [1.29, 1.82) is 0 Å². The van der Waals surface area contributed by atoms with Crippen molar-refractivity contribution in [2.45, 2.75) is 31.7 Å². The quantitative estimate of drug-likeness (QED) is 0.679. The Morgan fingerprint density at radius 1 is 0.933 bits per heavy atom. The molecule has 0 aromatic heterocycles. The Labute approximate surface area is 94.0 Å². The van der Waals surface area contributed by atoms with Gasteiger partial charge in [0, 0.05) is 32.2 Å². The normalized spacial score (nSPS) is 27.4. The molecule has 87 valence electrons. The number of rotatable bonds is 2. The van der Waals surface area contributed by atoms with Crippen molar-refractivity contribution in [2.75, 3.05) is 40.3 Å². The fraction of sp³-hybridized carbons (Fsp3) is 0.917. The minimum atomic E-state index is 0.803. The predicted octanol–water partition coefficient (Wildman–Crippen LogP) is 1.23. The summed E-state index contributed by atoms with van der Waals surface area (Å²) in [5, 5.41) is 5.14. The molecule has 0 saturated carbocycles. The highest BCUT2D eigenvalue weighted by Crippen LogP contribution is 2.18. The van der Waals surface area contributed by atoms with E-state index in [0.717, 1.165) is 6.04 Å². The molecule has 0 bridgehead atoms. The van der Waals surface area contributed by atoms with Crippen LogP contribution in [0.4, 0.5) is 0 Å². The zero-order valence-corrected chi connectivity index (χ0v) is 10.2. The fourth-order valence-corrected chi connectivity index (χ4v) is 2.67. The summed E-state index contributed by atoms with van der Waals surface area (Å²) < 4.78 is 0. The molecule has 0 aliphatic carbocycles. The summed E-state index contributed by atoms with van der Waals surface area (Å²) in [5.74, 6) is 0. The van der Waals surface area contributed by atoms with Crippen LogP contribution >= 0.6 is 0 Å². The molecule has 0 atom stereocenters. The van der Waals surface area contributed by atoms with Gasteiger partial charge in [0.1, 0.15) is 0 Å². The fourth-order valence-electron chi connectivity index (χ4n) is 2.67. The van der Waals surface area contributed by atoms with Crippen LogP contribution in [-0.4, -0.2) is 61.2 Å². The number of hydrazine groups is 1. The molecule has 0 unspecified atom stereocenters. The van der Waals surface area contributed by atoms with Crippen molar-refractivity contribution in [2.24, 2.45) is 0 Å². The molecule has 0 N–H and O–H groups in total. The number of piperidine rings is 2. The average Bonchev–Trinajstić information content (AvgIpc) is 2.30.